The summed E-state index contributed by atoms with van der Waals surface area (Å²) in [5, 5.41) is 0. The third kappa shape index (κ3) is 3.38. The van der Waals surface area contributed by atoms with E-state index in [1.54, 1.807) is 0 Å². The maximum Gasteiger partial charge on any atom is 0.495 e. The molecule has 0 radical (unpaired) electrons. The lowest BCUT2D eigenvalue weighted by molar-refractivity contribution is 0.00578. The first-order chi connectivity index (χ1) is 9.27. The highest BCUT2D eigenvalue weighted by Gasteiger charge is 2.52. The van der Waals surface area contributed by atoms with E-state index in [1.807, 2.05) is 0 Å². The molecule has 0 saturated carbocycles. The van der Waals surface area contributed by atoms with Gasteiger partial charge in [-0.25, -0.2) is 0 Å². The number of rotatable bonds is 4. The maximum atomic E-state index is 6.13. The Morgan fingerprint density at radius 1 is 1.20 bits per heavy atom. The average Bonchev–Trinajstić information content (AvgIpc) is 2.57. The van der Waals surface area contributed by atoms with Crippen molar-refractivity contribution in [3.8, 4) is 0 Å². The van der Waals surface area contributed by atoms with Crippen LogP contribution in [-0.2, 0) is 20.4 Å². The lowest BCUT2D eigenvalue weighted by Gasteiger charge is -2.32. The van der Waals surface area contributed by atoms with Gasteiger partial charge in [-0.15, -0.1) is 0 Å². The maximum absolute atomic E-state index is 6.13. The zero-order valence-electron chi connectivity index (χ0n) is 12.6. The van der Waals surface area contributed by atoms with Crippen LogP contribution in [-0.4, -0.2) is 18.3 Å². The summed E-state index contributed by atoms with van der Waals surface area (Å²) in [5.41, 5.74) is 2.83. The van der Waals surface area contributed by atoms with Crippen molar-refractivity contribution in [2.24, 2.45) is 0 Å². The number of hydrogen-bond donors (Lipinski definition) is 0. The van der Waals surface area contributed by atoms with Crippen LogP contribution in [0.2, 0.25) is 0 Å². The molecule has 2 rings (SSSR count). The standard InChI is InChI=1S/C14H21BIO3P/c1-10-6-7-11(9-17-20-16)8-12(10)15-18-13(2,3)14(4,5)19-15/h6-8,20H,9H2,1-5H3. The van der Waals surface area contributed by atoms with Crippen molar-refractivity contribution in [2.45, 2.75) is 52.4 Å². The van der Waals surface area contributed by atoms with Gasteiger partial charge < -0.3 is 13.8 Å². The van der Waals surface area contributed by atoms with Crippen LogP contribution < -0.4 is 5.46 Å². The molecule has 0 N–H and O–H groups in total. The highest BCUT2D eigenvalue weighted by atomic mass is 127. The normalized spacial score (nSPS) is 21.0. The second-order valence-electron chi connectivity index (χ2n) is 6.15. The van der Waals surface area contributed by atoms with Gasteiger partial charge in [0.15, 0.2) is 0 Å². The molecule has 0 aromatic heterocycles. The van der Waals surface area contributed by atoms with Crippen molar-refractivity contribution >= 4 is 41.1 Å². The molecule has 20 heavy (non-hydrogen) atoms. The Balaban J connectivity index is 2.25. The highest BCUT2D eigenvalue weighted by Crippen LogP contribution is 2.36. The van der Waals surface area contributed by atoms with Crippen molar-refractivity contribution in [3.05, 3.63) is 29.3 Å². The first-order valence-corrected chi connectivity index (χ1v) is 10.7. The molecule has 0 amide bonds. The van der Waals surface area contributed by atoms with Gasteiger partial charge in [-0.1, -0.05) is 23.8 Å². The van der Waals surface area contributed by atoms with Gasteiger partial charge in [-0.05, 0) is 67.7 Å². The van der Waals surface area contributed by atoms with Gasteiger partial charge in [-0.2, -0.15) is 0 Å². The fourth-order valence-electron chi connectivity index (χ4n) is 2.11. The molecule has 0 aliphatic carbocycles. The van der Waals surface area contributed by atoms with E-state index in [2.05, 4.69) is 74.9 Å². The van der Waals surface area contributed by atoms with Gasteiger partial charge in [0, 0.05) is 0 Å². The molecular formula is C14H21BIO3P. The molecule has 1 saturated heterocycles. The molecule has 1 aliphatic rings. The van der Waals surface area contributed by atoms with Gasteiger partial charge in [0.25, 0.3) is 0 Å². The second kappa shape index (κ2) is 6.21. The minimum absolute atomic E-state index is 0.304. The first-order valence-electron chi connectivity index (χ1n) is 6.69. The predicted octanol–water partition coefficient (Wildman–Crippen LogP) is 3.75. The predicted molar refractivity (Wildman–Crippen MR) is 94.0 cm³/mol. The van der Waals surface area contributed by atoms with Crippen LogP contribution in [0.15, 0.2) is 18.2 Å². The van der Waals surface area contributed by atoms with E-state index in [0.717, 1.165) is 11.0 Å². The van der Waals surface area contributed by atoms with Crippen molar-refractivity contribution in [2.75, 3.05) is 0 Å². The van der Waals surface area contributed by atoms with Crippen LogP contribution in [0.25, 0.3) is 0 Å². The van der Waals surface area contributed by atoms with Crippen molar-refractivity contribution < 1.29 is 13.8 Å². The Bertz CT molecular complexity index is 477. The summed E-state index contributed by atoms with van der Waals surface area (Å²) in [6.07, 6.45) is 0. The number of aryl methyl sites for hydroxylation is 1. The van der Waals surface area contributed by atoms with Crippen LogP contribution in [0.3, 0.4) is 0 Å². The number of benzene rings is 1. The van der Waals surface area contributed by atoms with E-state index in [9.17, 15) is 0 Å². The number of hydrogen-bond acceptors (Lipinski definition) is 3. The summed E-state index contributed by atoms with van der Waals surface area (Å²) >= 11 is 2.23. The SMILES string of the molecule is Cc1ccc(COPI)cc1B1OC(C)(C)C(C)(C)O1. The van der Waals surface area contributed by atoms with Crippen molar-refractivity contribution in [3.63, 3.8) is 0 Å². The minimum Gasteiger partial charge on any atom is -0.399 e. The van der Waals surface area contributed by atoms with E-state index in [1.165, 1.54) is 5.56 Å². The molecule has 3 nitrogen and oxygen atoms in total. The van der Waals surface area contributed by atoms with Crippen LogP contribution in [0, 0.1) is 6.92 Å². The summed E-state index contributed by atoms with van der Waals surface area (Å²) in [5.74, 6) is 0. The Hall–Kier alpha value is 0.325. The molecule has 1 atom stereocenters. The molecule has 1 aromatic carbocycles. The summed E-state index contributed by atoms with van der Waals surface area (Å²) < 4.78 is 17.7. The van der Waals surface area contributed by atoms with Crippen LogP contribution in [0.1, 0.15) is 38.8 Å². The lowest BCUT2D eigenvalue weighted by Crippen LogP contribution is -2.41. The third-order valence-electron chi connectivity index (χ3n) is 4.14. The van der Waals surface area contributed by atoms with Gasteiger partial charge in [0.05, 0.1) is 24.3 Å². The summed E-state index contributed by atoms with van der Waals surface area (Å²) in [6, 6.07) is 6.34. The van der Waals surface area contributed by atoms with E-state index < -0.39 is 0 Å². The molecule has 110 valence electrons. The van der Waals surface area contributed by atoms with Gasteiger partial charge in [0.1, 0.15) is 0 Å². The van der Waals surface area contributed by atoms with Crippen molar-refractivity contribution in [1.82, 2.24) is 0 Å². The van der Waals surface area contributed by atoms with Gasteiger partial charge in [-0.3, -0.25) is 0 Å². The number of halogens is 1. The second-order valence-corrected chi connectivity index (χ2v) is 7.91. The fourth-order valence-corrected chi connectivity index (χ4v) is 2.80. The van der Waals surface area contributed by atoms with Crippen molar-refractivity contribution in [1.29, 1.82) is 0 Å². The molecule has 0 bridgehead atoms. The monoisotopic (exact) mass is 406 g/mol. The zero-order chi connectivity index (χ0) is 15.0. The minimum atomic E-state index is -0.305. The largest absolute Gasteiger partial charge is 0.495 e. The Morgan fingerprint density at radius 3 is 2.35 bits per heavy atom. The Labute approximate surface area is 136 Å². The molecular weight excluding hydrogens is 385 g/mol. The molecule has 1 unspecified atom stereocenters. The smallest absolute Gasteiger partial charge is 0.399 e. The van der Waals surface area contributed by atoms with E-state index in [0.29, 0.717) is 13.1 Å². The molecule has 1 aliphatic heterocycles. The Kier molecular flexibility index (Phi) is 5.18. The van der Waals surface area contributed by atoms with Gasteiger partial charge in [0.2, 0.25) is 0 Å². The summed E-state index contributed by atoms with van der Waals surface area (Å²) in [6.45, 7) is 11.5. The zero-order valence-corrected chi connectivity index (χ0v) is 15.8. The lowest BCUT2D eigenvalue weighted by atomic mass is 9.75. The Morgan fingerprint density at radius 2 is 1.80 bits per heavy atom. The molecule has 1 fully saturated rings. The van der Waals surface area contributed by atoms with E-state index >= 15 is 0 Å². The quantitative estimate of drug-likeness (QED) is 0.433. The van der Waals surface area contributed by atoms with Gasteiger partial charge >= 0.3 is 7.12 Å². The molecule has 6 heteroatoms. The molecule has 1 aromatic rings. The average molecular weight is 406 g/mol. The topological polar surface area (TPSA) is 27.7 Å². The molecule has 0 spiro atoms. The summed E-state index contributed by atoms with van der Waals surface area (Å²) in [4.78, 5) is 0. The first kappa shape index (κ1) is 16.7. The van der Waals surface area contributed by atoms with Crippen LogP contribution in [0.5, 0.6) is 0 Å². The highest BCUT2D eigenvalue weighted by molar-refractivity contribution is 14.2. The summed E-state index contributed by atoms with van der Waals surface area (Å²) in [7, 11) is -0.304. The fraction of sp³-hybridized carbons (Fsp3) is 0.571. The van der Waals surface area contributed by atoms with Crippen LogP contribution in [0.4, 0.5) is 0 Å². The third-order valence-corrected chi connectivity index (χ3v) is 5.33. The van der Waals surface area contributed by atoms with Crippen LogP contribution >= 0.6 is 28.5 Å². The van der Waals surface area contributed by atoms with E-state index in [4.69, 9.17) is 13.8 Å². The van der Waals surface area contributed by atoms with E-state index in [-0.39, 0.29) is 18.3 Å². The molecule has 1 heterocycles.